The summed E-state index contributed by atoms with van der Waals surface area (Å²) < 4.78 is 8.06. The van der Waals surface area contributed by atoms with Crippen LogP contribution in [0.15, 0.2) is 0 Å². The summed E-state index contributed by atoms with van der Waals surface area (Å²) in [6.07, 6.45) is 0. The summed E-state index contributed by atoms with van der Waals surface area (Å²) in [4.78, 5) is 0. The van der Waals surface area contributed by atoms with E-state index in [0.717, 1.165) is 0 Å². The van der Waals surface area contributed by atoms with Crippen molar-refractivity contribution in [2.75, 3.05) is 0 Å². The van der Waals surface area contributed by atoms with E-state index in [1.807, 2.05) is 0 Å². The van der Waals surface area contributed by atoms with E-state index in [1.165, 1.54) is 0 Å². The molecular weight excluding hydrogens is 188 g/mol. The first-order chi connectivity index (χ1) is 1.00. The predicted molar refractivity (Wildman–Crippen MR) is 1.80 cm³/mol. The van der Waals surface area contributed by atoms with Crippen LogP contribution >= 0.6 is 0 Å². The first-order valence-corrected chi connectivity index (χ1v) is 0.636. The van der Waals surface area contributed by atoms with Crippen molar-refractivity contribution in [2.24, 2.45) is 0 Å². The molecule has 0 spiro atoms. The van der Waals surface area contributed by atoms with Crippen LogP contribution < -0.4 is 18.9 Å². The largest absolute Gasteiger partial charge is 0 e. The molecule has 0 heterocycles. The van der Waals surface area contributed by atoms with Gasteiger partial charge in [0.05, 0.1) is 0 Å². The Hall–Kier alpha value is 2.01. The van der Waals surface area contributed by atoms with Crippen molar-refractivity contribution in [3.63, 3.8) is 0 Å². The molecule has 0 bridgehead atoms. The standard InChI is InChI=1S/Co.Li.Mn.O.V.H/q;+1;;;;-1. The van der Waals surface area contributed by atoms with Gasteiger partial charge in [-0.3, -0.25) is 0 Å². The summed E-state index contributed by atoms with van der Waals surface area (Å²) in [5.41, 5.74) is 0. The molecule has 0 aliphatic carbocycles. The quantitative estimate of drug-likeness (QED) is 0.371. The van der Waals surface area contributed by atoms with Crippen molar-refractivity contribution in [3.05, 3.63) is 0 Å². The minimum Gasteiger partial charge on any atom is 0 e. The zero-order chi connectivity index (χ0) is 2.00. The Bertz CT molecular complexity index is 15.5. The topological polar surface area (TPSA) is 17.1 Å². The second-order valence-electron chi connectivity index (χ2n) is 0. The molecule has 0 fully saturated rings. The van der Waals surface area contributed by atoms with E-state index >= 15 is 0 Å². The van der Waals surface area contributed by atoms with Crippen LogP contribution in [0.2, 0.25) is 0 Å². The average molecular weight is 189 g/mol. The summed E-state index contributed by atoms with van der Waals surface area (Å²) in [5.74, 6) is 0. The Labute approximate surface area is 74.8 Å². The van der Waals surface area contributed by atoms with Gasteiger partial charge in [-0.1, -0.05) is 0 Å². The molecule has 1 nitrogen and oxygen atoms in total. The van der Waals surface area contributed by atoms with E-state index in [4.69, 9.17) is 3.83 Å². The van der Waals surface area contributed by atoms with Crippen LogP contribution in [-0.4, -0.2) is 0 Å². The summed E-state index contributed by atoms with van der Waals surface area (Å²) in [6.45, 7) is 0. The fraction of sp³-hybridized carbons (Fsp3) is 0. The Morgan fingerprint density at radius 3 is 1.40 bits per heavy atom. The molecule has 2 radical (unpaired) electrons. The maximum atomic E-state index is 8.06. The maximum absolute atomic E-state index is 8.06. The van der Waals surface area contributed by atoms with Crippen molar-refractivity contribution in [1.82, 2.24) is 0 Å². The molecule has 0 aromatic carbocycles. The molecule has 0 aromatic heterocycles. The van der Waals surface area contributed by atoms with Crippen molar-refractivity contribution in [1.29, 1.82) is 0 Å². The van der Waals surface area contributed by atoms with Crippen LogP contribution in [0.5, 0.6) is 0 Å². The molecule has 5 heteroatoms. The predicted octanol–water partition coefficient (Wildman–Crippen LogP) is -3.01. The summed E-state index contributed by atoms with van der Waals surface area (Å²) in [6, 6.07) is 0. The zero-order valence-corrected chi connectivity index (χ0v) is 6.18. The number of hydrogen-bond acceptors (Lipinski definition) is 1. The molecule has 5 heavy (non-hydrogen) atoms. The fourth-order valence-electron chi connectivity index (χ4n) is 0. The number of rotatable bonds is 0. The van der Waals surface area contributed by atoms with E-state index in [1.54, 1.807) is 15.9 Å². The Morgan fingerprint density at radius 2 is 1.40 bits per heavy atom. The van der Waals surface area contributed by atoms with Gasteiger partial charge < -0.3 is 1.43 Å². The molecule has 0 amide bonds. The van der Waals surface area contributed by atoms with Crippen LogP contribution in [0, 0.1) is 0 Å². The van der Waals surface area contributed by atoms with Gasteiger partial charge in [0.25, 0.3) is 0 Å². The normalized spacial score (nSPS) is 0.800. The van der Waals surface area contributed by atoms with E-state index in [-0.39, 0.29) is 55.6 Å². The third kappa shape index (κ3) is 23.9. The fourth-order valence-corrected chi connectivity index (χ4v) is 0. The first kappa shape index (κ1) is 28.0. The second-order valence-corrected chi connectivity index (χ2v) is 0. The van der Waals surface area contributed by atoms with Gasteiger partial charge in [0.1, 0.15) is 0 Å². The van der Waals surface area contributed by atoms with Gasteiger partial charge in [0.2, 0.25) is 0 Å². The van der Waals surface area contributed by atoms with Gasteiger partial charge in [0.15, 0.2) is 0 Å². The molecule has 0 aliphatic heterocycles. The molecule has 29 valence electrons. The Kier molecular flexibility index (Phi) is 209. The molecule has 0 aliphatic rings. The summed E-state index contributed by atoms with van der Waals surface area (Å²) in [5, 5.41) is 0. The zero-order valence-electron chi connectivity index (χ0n) is 3.57. The minimum atomic E-state index is 0. The van der Waals surface area contributed by atoms with Gasteiger partial charge in [-0.05, 0) is 0 Å². The number of hydrogen-bond donors (Lipinski definition) is 0. The van der Waals surface area contributed by atoms with E-state index in [0.29, 0.717) is 0 Å². The monoisotopic (exact) mass is 189 g/mol. The SMILES string of the molecule is [Co].[H-].[Li+].[O]=[Mn].[V]. The van der Waals surface area contributed by atoms with E-state index in [9.17, 15) is 0 Å². The van der Waals surface area contributed by atoms with Crippen molar-refractivity contribution >= 4 is 0 Å². The first-order valence-electron chi connectivity index (χ1n) is 0.154. The van der Waals surface area contributed by atoms with Crippen molar-refractivity contribution < 1.29 is 75.4 Å². The smallest absolute Gasteiger partial charge is 0 e. The van der Waals surface area contributed by atoms with Crippen LogP contribution in [0.4, 0.5) is 0 Å². The molecule has 0 rings (SSSR count). The average Bonchev–Trinajstić information content (AvgIpc) is 1.00. The van der Waals surface area contributed by atoms with Crippen LogP contribution in [0.3, 0.4) is 0 Å². The van der Waals surface area contributed by atoms with Gasteiger partial charge in [-0.2, -0.15) is 0 Å². The summed E-state index contributed by atoms with van der Waals surface area (Å²) in [7, 11) is 0. The molecular formula is HCoLiMnOV. The molecule has 0 unspecified atom stereocenters. The minimum absolute atomic E-state index is 0. The van der Waals surface area contributed by atoms with Gasteiger partial charge >= 0.3 is 38.6 Å². The van der Waals surface area contributed by atoms with E-state index in [2.05, 4.69) is 0 Å². The second kappa shape index (κ2) is 37.4. The molecule has 0 atom stereocenters. The Morgan fingerprint density at radius 1 is 1.40 bits per heavy atom. The van der Waals surface area contributed by atoms with Crippen LogP contribution in [0.1, 0.15) is 1.43 Å². The van der Waals surface area contributed by atoms with Gasteiger partial charge in [-0.25, -0.2) is 0 Å². The maximum Gasteiger partial charge on any atom is 0 e. The summed E-state index contributed by atoms with van der Waals surface area (Å²) >= 11 is 1.69. The van der Waals surface area contributed by atoms with Gasteiger partial charge in [-0.15, -0.1) is 0 Å². The van der Waals surface area contributed by atoms with Crippen LogP contribution in [-0.2, 0) is 55.1 Å². The molecule has 0 saturated heterocycles. The third-order valence-corrected chi connectivity index (χ3v) is 0. The molecule has 0 aromatic rings. The third-order valence-electron chi connectivity index (χ3n) is 0. The van der Waals surface area contributed by atoms with Crippen molar-refractivity contribution in [3.8, 4) is 0 Å². The van der Waals surface area contributed by atoms with Crippen LogP contribution in [0.25, 0.3) is 0 Å². The van der Waals surface area contributed by atoms with E-state index < -0.39 is 0 Å². The molecule has 0 saturated carbocycles. The molecule has 0 N–H and O–H groups in total. The van der Waals surface area contributed by atoms with Gasteiger partial charge in [0, 0.05) is 35.3 Å². The van der Waals surface area contributed by atoms with Crippen molar-refractivity contribution in [2.45, 2.75) is 0 Å². The Balaban J connectivity index is -0.000000000833.